The van der Waals surface area contributed by atoms with E-state index in [1.165, 1.54) is 12.3 Å². The summed E-state index contributed by atoms with van der Waals surface area (Å²) in [6.45, 7) is 0. The van der Waals surface area contributed by atoms with Crippen molar-refractivity contribution in [2.45, 2.75) is 6.18 Å². The fourth-order valence-corrected chi connectivity index (χ4v) is 2.34. The van der Waals surface area contributed by atoms with Gasteiger partial charge in [-0.3, -0.25) is 4.98 Å². The van der Waals surface area contributed by atoms with E-state index >= 15 is 0 Å². The molecule has 0 aliphatic carbocycles. The van der Waals surface area contributed by atoms with Gasteiger partial charge in [-0.2, -0.15) is 18.2 Å². The Balaban J connectivity index is 1.93. The third kappa shape index (κ3) is 4.00. The summed E-state index contributed by atoms with van der Waals surface area (Å²) in [4.78, 5) is 11.8. The molecule has 2 heterocycles. The predicted molar refractivity (Wildman–Crippen MR) is 86.8 cm³/mol. The summed E-state index contributed by atoms with van der Waals surface area (Å²) in [5, 5.41) is 0.165. The van der Waals surface area contributed by atoms with Crippen molar-refractivity contribution in [2.75, 3.05) is 0 Å². The molecule has 128 valence electrons. The third-order valence-corrected chi connectivity index (χ3v) is 3.66. The van der Waals surface area contributed by atoms with Gasteiger partial charge in [0, 0.05) is 18.5 Å². The van der Waals surface area contributed by atoms with Gasteiger partial charge in [0.15, 0.2) is 5.82 Å². The maximum absolute atomic E-state index is 12.7. The van der Waals surface area contributed by atoms with Crippen LogP contribution in [0, 0.1) is 0 Å². The number of rotatable bonds is 3. The molecule has 0 bridgehead atoms. The largest absolute Gasteiger partial charge is 0.437 e. The molecule has 0 aliphatic heterocycles. The molecule has 0 fully saturated rings. The molecule has 0 spiro atoms. The molecule has 0 saturated heterocycles. The van der Waals surface area contributed by atoms with Crippen molar-refractivity contribution in [3.05, 3.63) is 64.4 Å². The van der Waals surface area contributed by atoms with E-state index in [1.807, 2.05) is 0 Å². The van der Waals surface area contributed by atoms with Crippen LogP contribution >= 0.6 is 23.2 Å². The van der Waals surface area contributed by atoms with Crippen LogP contribution in [0.1, 0.15) is 5.56 Å². The van der Waals surface area contributed by atoms with Crippen LogP contribution in [0.4, 0.5) is 13.2 Å². The van der Waals surface area contributed by atoms with Crippen LogP contribution in [0.3, 0.4) is 0 Å². The van der Waals surface area contributed by atoms with Gasteiger partial charge >= 0.3 is 6.18 Å². The third-order valence-electron chi connectivity index (χ3n) is 3.06. The minimum Gasteiger partial charge on any atom is -0.437 e. The number of alkyl halides is 3. The molecule has 25 heavy (non-hydrogen) atoms. The number of pyridine rings is 1. The highest BCUT2D eigenvalue weighted by Crippen LogP contribution is 2.34. The van der Waals surface area contributed by atoms with Crippen LogP contribution in [-0.4, -0.2) is 15.0 Å². The van der Waals surface area contributed by atoms with E-state index in [9.17, 15) is 13.2 Å². The molecule has 4 nitrogen and oxygen atoms in total. The van der Waals surface area contributed by atoms with Gasteiger partial charge in [-0.1, -0.05) is 35.3 Å². The lowest BCUT2D eigenvalue weighted by atomic mass is 10.2. The Labute approximate surface area is 150 Å². The molecule has 0 N–H and O–H groups in total. The van der Waals surface area contributed by atoms with Crippen molar-refractivity contribution in [1.29, 1.82) is 0 Å². The summed E-state index contributed by atoms with van der Waals surface area (Å²) >= 11 is 11.9. The molecule has 2 aromatic heterocycles. The van der Waals surface area contributed by atoms with Crippen LogP contribution in [-0.2, 0) is 6.18 Å². The van der Waals surface area contributed by atoms with Gasteiger partial charge in [-0.15, -0.1) is 0 Å². The first-order chi connectivity index (χ1) is 11.8. The van der Waals surface area contributed by atoms with Gasteiger partial charge in [0.1, 0.15) is 11.4 Å². The Morgan fingerprint density at radius 3 is 2.40 bits per heavy atom. The maximum atomic E-state index is 12.7. The molecular weight excluding hydrogens is 378 g/mol. The van der Waals surface area contributed by atoms with Crippen LogP contribution in [0.5, 0.6) is 11.6 Å². The van der Waals surface area contributed by atoms with Crippen LogP contribution in [0.25, 0.3) is 11.5 Å². The number of hydrogen-bond acceptors (Lipinski definition) is 4. The SMILES string of the molecule is FC(F)(F)c1cnc(-c2nccc(Oc3ccccc3Cl)n2)c(Cl)c1. The van der Waals surface area contributed by atoms with Gasteiger partial charge in [0.2, 0.25) is 5.88 Å². The number of aromatic nitrogens is 3. The minimum absolute atomic E-state index is 0.0132. The topological polar surface area (TPSA) is 47.9 Å². The number of para-hydroxylation sites is 1. The van der Waals surface area contributed by atoms with Crippen molar-refractivity contribution in [2.24, 2.45) is 0 Å². The lowest BCUT2D eigenvalue weighted by Gasteiger charge is -2.10. The first-order valence-electron chi connectivity index (χ1n) is 6.83. The summed E-state index contributed by atoms with van der Waals surface area (Å²) in [6.07, 6.45) is -2.48. The maximum Gasteiger partial charge on any atom is 0.417 e. The Morgan fingerprint density at radius 1 is 0.960 bits per heavy atom. The van der Waals surface area contributed by atoms with Gasteiger partial charge < -0.3 is 4.74 Å². The standard InChI is InChI=1S/C16H8Cl2F3N3O/c17-10-3-1-2-4-12(10)25-13-5-6-22-15(24-13)14-11(18)7-9(8-23-14)16(19,20)21/h1-8H. The molecule has 0 saturated carbocycles. The first-order valence-corrected chi connectivity index (χ1v) is 7.59. The Morgan fingerprint density at radius 2 is 1.72 bits per heavy atom. The molecule has 3 aromatic rings. The molecule has 3 rings (SSSR count). The number of halogens is 5. The number of hydrogen-bond donors (Lipinski definition) is 0. The van der Waals surface area contributed by atoms with Crippen LogP contribution in [0.15, 0.2) is 48.8 Å². The zero-order valence-electron chi connectivity index (χ0n) is 12.3. The molecule has 1 aromatic carbocycles. The lowest BCUT2D eigenvalue weighted by molar-refractivity contribution is -0.137. The van der Waals surface area contributed by atoms with Crippen molar-refractivity contribution in [3.63, 3.8) is 0 Å². The zero-order chi connectivity index (χ0) is 18.0. The van der Waals surface area contributed by atoms with Crippen molar-refractivity contribution in [1.82, 2.24) is 15.0 Å². The average molecular weight is 386 g/mol. The van der Waals surface area contributed by atoms with E-state index in [0.717, 1.165) is 6.07 Å². The van der Waals surface area contributed by atoms with Crippen molar-refractivity contribution < 1.29 is 17.9 Å². The summed E-state index contributed by atoms with van der Waals surface area (Å²) in [7, 11) is 0. The molecule has 0 amide bonds. The molecule has 9 heteroatoms. The van der Waals surface area contributed by atoms with E-state index in [2.05, 4.69) is 15.0 Å². The van der Waals surface area contributed by atoms with Crippen LogP contribution < -0.4 is 4.74 Å². The number of nitrogens with zero attached hydrogens (tertiary/aromatic N) is 3. The second kappa shape index (κ2) is 6.85. The summed E-state index contributed by atoms with van der Waals surface area (Å²) in [5.74, 6) is 0.555. The number of benzene rings is 1. The number of ether oxygens (including phenoxy) is 1. The summed E-state index contributed by atoms with van der Waals surface area (Å²) in [5.41, 5.74) is -0.941. The van der Waals surface area contributed by atoms with Gasteiger partial charge in [0.25, 0.3) is 0 Å². The normalized spacial score (nSPS) is 11.4. The van der Waals surface area contributed by atoms with Crippen LogP contribution in [0.2, 0.25) is 10.0 Å². The summed E-state index contributed by atoms with van der Waals surface area (Å²) < 4.78 is 43.6. The zero-order valence-corrected chi connectivity index (χ0v) is 13.8. The highest BCUT2D eigenvalue weighted by atomic mass is 35.5. The highest BCUT2D eigenvalue weighted by molar-refractivity contribution is 6.33. The fraction of sp³-hybridized carbons (Fsp3) is 0.0625. The van der Waals surface area contributed by atoms with Gasteiger partial charge in [-0.05, 0) is 18.2 Å². The van der Waals surface area contributed by atoms with Crippen molar-refractivity contribution in [3.8, 4) is 23.1 Å². The molecule has 0 unspecified atom stereocenters. The quantitative estimate of drug-likeness (QED) is 0.583. The Kier molecular flexibility index (Phi) is 4.78. The molecule has 0 atom stereocenters. The average Bonchev–Trinajstić information content (AvgIpc) is 2.56. The van der Waals surface area contributed by atoms with Gasteiger partial charge in [0.05, 0.1) is 15.6 Å². The smallest absolute Gasteiger partial charge is 0.417 e. The second-order valence-electron chi connectivity index (χ2n) is 4.80. The van der Waals surface area contributed by atoms with Gasteiger partial charge in [-0.25, -0.2) is 4.98 Å². The Hall–Kier alpha value is -2.38. The summed E-state index contributed by atoms with van der Waals surface area (Å²) in [6, 6.07) is 9.02. The monoisotopic (exact) mass is 385 g/mol. The second-order valence-corrected chi connectivity index (χ2v) is 5.62. The lowest BCUT2D eigenvalue weighted by Crippen LogP contribution is -2.06. The van der Waals surface area contributed by atoms with E-state index in [1.54, 1.807) is 24.3 Å². The highest BCUT2D eigenvalue weighted by Gasteiger charge is 2.31. The van der Waals surface area contributed by atoms with E-state index < -0.39 is 11.7 Å². The predicted octanol–water partition coefficient (Wildman–Crippen LogP) is 5.66. The van der Waals surface area contributed by atoms with E-state index in [-0.39, 0.29) is 22.4 Å². The van der Waals surface area contributed by atoms with E-state index in [0.29, 0.717) is 17.0 Å². The molecule has 0 aliphatic rings. The van der Waals surface area contributed by atoms with E-state index in [4.69, 9.17) is 27.9 Å². The fourth-order valence-electron chi connectivity index (χ4n) is 1.91. The Bertz CT molecular complexity index is 919. The minimum atomic E-state index is -4.54. The van der Waals surface area contributed by atoms with Crippen molar-refractivity contribution >= 4 is 23.2 Å². The molecule has 0 radical (unpaired) electrons. The molecular formula is C16H8Cl2F3N3O. The first kappa shape index (κ1) is 17.4.